The number of nitrogens with one attached hydrogen (secondary N) is 1. The first-order chi connectivity index (χ1) is 11.6. The molecule has 1 amide bonds. The highest BCUT2D eigenvalue weighted by Gasteiger charge is 2.23. The molecule has 0 saturated carbocycles. The number of hydrogen-bond acceptors (Lipinski definition) is 3. The number of piperazine rings is 1. The lowest BCUT2D eigenvalue weighted by molar-refractivity contribution is -0.131. The fourth-order valence-electron chi connectivity index (χ4n) is 3.93. The average molecular weight is 329 g/mol. The summed E-state index contributed by atoms with van der Waals surface area (Å²) < 4.78 is 0. The van der Waals surface area contributed by atoms with E-state index in [-0.39, 0.29) is 0 Å². The van der Waals surface area contributed by atoms with E-state index >= 15 is 0 Å². The van der Waals surface area contributed by atoms with Crippen LogP contribution < -0.4 is 10.2 Å². The molecule has 24 heavy (non-hydrogen) atoms. The number of rotatable bonds is 4. The highest BCUT2D eigenvalue weighted by molar-refractivity contribution is 5.76. The van der Waals surface area contributed by atoms with Crippen molar-refractivity contribution in [3.63, 3.8) is 0 Å². The molecule has 4 heteroatoms. The Balaban J connectivity index is 1.47. The number of anilines is 1. The number of hydrogen-bond donors (Lipinski definition) is 1. The summed E-state index contributed by atoms with van der Waals surface area (Å²) in [4.78, 5) is 17.0. The molecule has 0 radical (unpaired) electrons. The molecule has 0 spiro atoms. The Kier molecular flexibility index (Phi) is 5.77. The van der Waals surface area contributed by atoms with Crippen molar-refractivity contribution in [1.82, 2.24) is 10.2 Å². The Bertz CT molecular complexity index is 558. The Hall–Kier alpha value is -1.55. The molecular weight excluding hydrogens is 298 g/mol. The quantitative estimate of drug-likeness (QED) is 0.922. The molecule has 0 unspecified atom stereocenters. The minimum atomic E-state index is 0.356. The van der Waals surface area contributed by atoms with Gasteiger partial charge in [-0.05, 0) is 69.3 Å². The molecule has 0 aliphatic carbocycles. The molecule has 2 saturated heterocycles. The molecule has 4 nitrogen and oxygen atoms in total. The van der Waals surface area contributed by atoms with E-state index in [9.17, 15) is 4.79 Å². The molecule has 3 rings (SSSR count). The number of benzene rings is 1. The zero-order valence-corrected chi connectivity index (χ0v) is 15.2. The highest BCUT2D eigenvalue weighted by atomic mass is 16.2. The summed E-state index contributed by atoms with van der Waals surface area (Å²) in [5.41, 5.74) is 4.04. The zero-order valence-electron chi connectivity index (χ0n) is 15.2. The zero-order chi connectivity index (χ0) is 16.9. The van der Waals surface area contributed by atoms with Crippen LogP contribution in [0.2, 0.25) is 0 Å². The van der Waals surface area contributed by atoms with E-state index in [1.54, 1.807) is 0 Å². The Morgan fingerprint density at radius 3 is 2.54 bits per heavy atom. The average Bonchev–Trinajstić information content (AvgIpc) is 2.63. The van der Waals surface area contributed by atoms with Crippen LogP contribution in [0.3, 0.4) is 0 Å². The van der Waals surface area contributed by atoms with Crippen LogP contribution in [0.4, 0.5) is 5.69 Å². The third-order valence-corrected chi connectivity index (χ3v) is 5.77. The lowest BCUT2D eigenvalue weighted by Crippen LogP contribution is -2.49. The van der Waals surface area contributed by atoms with Crippen LogP contribution in [-0.4, -0.2) is 50.1 Å². The Morgan fingerprint density at radius 1 is 1.12 bits per heavy atom. The molecule has 0 bridgehead atoms. The molecule has 132 valence electrons. The van der Waals surface area contributed by atoms with Gasteiger partial charge in [0.1, 0.15) is 0 Å². The molecule has 2 heterocycles. The smallest absolute Gasteiger partial charge is 0.222 e. The van der Waals surface area contributed by atoms with E-state index in [1.165, 1.54) is 29.7 Å². The van der Waals surface area contributed by atoms with E-state index in [2.05, 4.69) is 47.2 Å². The predicted octanol–water partition coefficient (Wildman–Crippen LogP) is 2.73. The van der Waals surface area contributed by atoms with Crippen LogP contribution in [0.25, 0.3) is 0 Å². The lowest BCUT2D eigenvalue weighted by atomic mass is 9.93. The van der Waals surface area contributed by atoms with Crippen LogP contribution >= 0.6 is 0 Å². The van der Waals surface area contributed by atoms with Gasteiger partial charge >= 0.3 is 0 Å². The number of carbonyl (C=O) groups is 1. The van der Waals surface area contributed by atoms with Crippen molar-refractivity contribution in [2.75, 3.05) is 44.2 Å². The summed E-state index contributed by atoms with van der Waals surface area (Å²) in [5, 5.41) is 3.39. The van der Waals surface area contributed by atoms with E-state index in [0.29, 0.717) is 5.91 Å². The molecule has 2 aliphatic rings. The highest BCUT2D eigenvalue weighted by Crippen LogP contribution is 2.24. The molecule has 1 aromatic rings. The van der Waals surface area contributed by atoms with Gasteiger partial charge in [-0.15, -0.1) is 0 Å². The monoisotopic (exact) mass is 329 g/mol. The van der Waals surface area contributed by atoms with Crippen LogP contribution in [0, 0.1) is 19.8 Å². The van der Waals surface area contributed by atoms with Crippen molar-refractivity contribution in [1.29, 1.82) is 0 Å². The van der Waals surface area contributed by atoms with Crippen molar-refractivity contribution < 1.29 is 4.79 Å². The first kappa shape index (κ1) is 17.3. The van der Waals surface area contributed by atoms with Crippen molar-refractivity contribution in [2.45, 2.75) is 39.5 Å². The van der Waals surface area contributed by atoms with Gasteiger partial charge in [0.25, 0.3) is 0 Å². The standard InChI is InChI=1S/C20H31N3O/c1-16-4-3-5-19(17(16)2)22-12-14-23(15-13-22)20(24)7-6-18-8-10-21-11-9-18/h3-5,18,21H,6-15H2,1-2H3. The van der Waals surface area contributed by atoms with Crippen molar-refractivity contribution in [3.8, 4) is 0 Å². The van der Waals surface area contributed by atoms with E-state index < -0.39 is 0 Å². The van der Waals surface area contributed by atoms with Gasteiger partial charge in [0, 0.05) is 38.3 Å². The van der Waals surface area contributed by atoms with Crippen molar-refractivity contribution in [3.05, 3.63) is 29.3 Å². The molecule has 0 atom stereocenters. The summed E-state index contributed by atoms with van der Waals surface area (Å²) in [5.74, 6) is 1.10. The second-order valence-electron chi connectivity index (χ2n) is 7.32. The number of amides is 1. The molecule has 1 N–H and O–H groups in total. The van der Waals surface area contributed by atoms with Crippen LogP contribution in [0.15, 0.2) is 18.2 Å². The minimum Gasteiger partial charge on any atom is -0.368 e. The minimum absolute atomic E-state index is 0.356. The van der Waals surface area contributed by atoms with Crippen LogP contribution in [0.1, 0.15) is 36.8 Å². The second-order valence-corrected chi connectivity index (χ2v) is 7.32. The fourth-order valence-corrected chi connectivity index (χ4v) is 3.93. The van der Waals surface area contributed by atoms with Gasteiger partial charge in [-0.25, -0.2) is 0 Å². The maximum atomic E-state index is 12.5. The van der Waals surface area contributed by atoms with Gasteiger partial charge in [0.05, 0.1) is 0 Å². The van der Waals surface area contributed by atoms with Crippen molar-refractivity contribution in [2.24, 2.45) is 5.92 Å². The van der Waals surface area contributed by atoms with Crippen molar-refractivity contribution >= 4 is 11.6 Å². The largest absolute Gasteiger partial charge is 0.368 e. The third kappa shape index (κ3) is 4.10. The molecule has 2 fully saturated rings. The Morgan fingerprint density at radius 2 is 1.83 bits per heavy atom. The summed E-state index contributed by atoms with van der Waals surface area (Å²) in [7, 11) is 0. The number of carbonyl (C=O) groups excluding carboxylic acids is 1. The van der Waals surface area contributed by atoms with Gasteiger partial charge in [0.2, 0.25) is 5.91 Å². The predicted molar refractivity (Wildman–Crippen MR) is 99.5 cm³/mol. The first-order valence-electron chi connectivity index (χ1n) is 9.45. The molecular formula is C20H31N3O. The van der Waals surface area contributed by atoms with Gasteiger partial charge in [0.15, 0.2) is 0 Å². The second kappa shape index (κ2) is 8.02. The molecule has 0 aromatic heterocycles. The molecule has 2 aliphatic heterocycles. The maximum Gasteiger partial charge on any atom is 0.222 e. The number of aryl methyl sites for hydroxylation is 1. The first-order valence-corrected chi connectivity index (χ1v) is 9.45. The van der Waals surface area contributed by atoms with Crippen LogP contribution in [-0.2, 0) is 4.79 Å². The van der Waals surface area contributed by atoms with Crippen LogP contribution in [0.5, 0.6) is 0 Å². The third-order valence-electron chi connectivity index (χ3n) is 5.77. The lowest BCUT2D eigenvalue weighted by Gasteiger charge is -2.37. The maximum absolute atomic E-state index is 12.5. The summed E-state index contributed by atoms with van der Waals surface area (Å²) in [6, 6.07) is 6.50. The summed E-state index contributed by atoms with van der Waals surface area (Å²) >= 11 is 0. The fraction of sp³-hybridized carbons (Fsp3) is 0.650. The Labute approximate surface area is 146 Å². The van der Waals surface area contributed by atoms with Gasteiger partial charge in [-0.3, -0.25) is 4.79 Å². The number of nitrogens with zero attached hydrogens (tertiary/aromatic N) is 2. The van der Waals surface area contributed by atoms with Gasteiger partial charge < -0.3 is 15.1 Å². The topological polar surface area (TPSA) is 35.6 Å². The molecule has 1 aromatic carbocycles. The normalized spacial score (nSPS) is 19.6. The van der Waals surface area contributed by atoms with E-state index in [1.807, 2.05) is 0 Å². The van der Waals surface area contributed by atoms with E-state index in [4.69, 9.17) is 0 Å². The SMILES string of the molecule is Cc1cccc(N2CCN(C(=O)CCC3CCNCC3)CC2)c1C. The van der Waals surface area contributed by atoms with Gasteiger partial charge in [-0.2, -0.15) is 0 Å². The summed E-state index contributed by atoms with van der Waals surface area (Å²) in [6.07, 6.45) is 4.26. The number of piperidine rings is 1. The summed E-state index contributed by atoms with van der Waals surface area (Å²) in [6.45, 7) is 10.2. The van der Waals surface area contributed by atoms with Gasteiger partial charge in [-0.1, -0.05) is 12.1 Å². The van der Waals surface area contributed by atoms with E-state index in [0.717, 1.165) is 58.0 Å².